The SMILES string of the molecule is COC(=O)c1c(C(C)OC)oc2c1CCCC2. The zero-order chi connectivity index (χ0) is 12.4. The van der Waals surface area contributed by atoms with Crippen molar-refractivity contribution < 1.29 is 18.7 Å². The van der Waals surface area contributed by atoms with Gasteiger partial charge in [0.05, 0.1) is 7.11 Å². The smallest absolute Gasteiger partial charge is 0.341 e. The van der Waals surface area contributed by atoms with Crippen molar-refractivity contribution in [2.45, 2.75) is 38.7 Å². The van der Waals surface area contributed by atoms with Crippen molar-refractivity contribution in [3.8, 4) is 0 Å². The molecule has 0 aliphatic heterocycles. The molecule has 1 aliphatic carbocycles. The van der Waals surface area contributed by atoms with E-state index in [0.29, 0.717) is 11.3 Å². The standard InChI is InChI=1S/C13H18O4/c1-8(15-2)12-11(13(14)16-3)9-6-4-5-7-10(9)17-12/h8H,4-7H2,1-3H3. The summed E-state index contributed by atoms with van der Waals surface area (Å²) >= 11 is 0. The number of carbonyl (C=O) groups is 1. The number of hydrogen-bond donors (Lipinski definition) is 0. The third-order valence-corrected chi connectivity index (χ3v) is 3.31. The van der Waals surface area contributed by atoms with Gasteiger partial charge in [0.25, 0.3) is 0 Å². The molecule has 0 radical (unpaired) electrons. The molecule has 4 nitrogen and oxygen atoms in total. The number of furan rings is 1. The van der Waals surface area contributed by atoms with Gasteiger partial charge in [-0.1, -0.05) is 0 Å². The molecule has 17 heavy (non-hydrogen) atoms. The average molecular weight is 238 g/mol. The number of ether oxygens (including phenoxy) is 2. The maximum absolute atomic E-state index is 11.8. The first-order valence-electron chi connectivity index (χ1n) is 5.94. The van der Waals surface area contributed by atoms with E-state index in [-0.39, 0.29) is 12.1 Å². The van der Waals surface area contributed by atoms with Crippen LogP contribution >= 0.6 is 0 Å². The molecule has 0 N–H and O–H groups in total. The maximum atomic E-state index is 11.8. The molecule has 0 spiro atoms. The molecule has 4 heteroatoms. The summed E-state index contributed by atoms with van der Waals surface area (Å²) in [5, 5.41) is 0. The van der Waals surface area contributed by atoms with Gasteiger partial charge in [0, 0.05) is 19.1 Å². The van der Waals surface area contributed by atoms with Gasteiger partial charge in [0.1, 0.15) is 23.2 Å². The zero-order valence-corrected chi connectivity index (χ0v) is 10.5. The maximum Gasteiger partial charge on any atom is 0.341 e. The molecule has 1 heterocycles. The van der Waals surface area contributed by atoms with Gasteiger partial charge in [0.2, 0.25) is 0 Å². The van der Waals surface area contributed by atoms with E-state index >= 15 is 0 Å². The van der Waals surface area contributed by atoms with E-state index in [4.69, 9.17) is 13.9 Å². The first-order valence-corrected chi connectivity index (χ1v) is 5.94. The number of hydrogen-bond acceptors (Lipinski definition) is 4. The molecule has 0 bridgehead atoms. The Morgan fingerprint density at radius 1 is 1.29 bits per heavy atom. The Hall–Kier alpha value is -1.29. The lowest BCUT2D eigenvalue weighted by Gasteiger charge is -2.10. The van der Waals surface area contributed by atoms with Crippen molar-refractivity contribution in [1.29, 1.82) is 0 Å². The zero-order valence-electron chi connectivity index (χ0n) is 10.5. The van der Waals surface area contributed by atoms with Crippen LogP contribution in [0.4, 0.5) is 0 Å². The summed E-state index contributed by atoms with van der Waals surface area (Å²) in [6.07, 6.45) is 3.77. The summed E-state index contributed by atoms with van der Waals surface area (Å²) in [5.41, 5.74) is 1.60. The molecule has 1 unspecified atom stereocenters. The van der Waals surface area contributed by atoms with Crippen LogP contribution in [0.15, 0.2) is 4.42 Å². The van der Waals surface area contributed by atoms with E-state index < -0.39 is 0 Å². The fourth-order valence-corrected chi connectivity index (χ4v) is 2.31. The first kappa shape index (κ1) is 12.2. The summed E-state index contributed by atoms with van der Waals surface area (Å²) < 4.78 is 15.9. The summed E-state index contributed by atoms with van der Waals surface area (Å²) in [5.74, 6) is 1.21. The monoisotopic (exact) mass is 238 g/mol. The molecule has 0 aromatic carbocycles. The van der Waals surface area contributed by atoms with Crippen molar-refractivity contribution in [1.82, 2.24) is 0 Å². The second-order valence-corrected chi connectivity index (χ2v) is 4.32. The van der Waals surface area contributed by atoms with Gasteiger partial charge in [-0.2, -0.15) is 0 Å². The minimum Gasteiger partial charge on any atom is -0.465 e. The molecule has 1 aromatic rings. The van der Waals surface area contributed by atoms with E-state index in [2.05, 4.69) is 0 Å². The Labute approximate surface area is 101 Å². The van der Waals surface area contributed by atoms with Crippen molar-refractivity contribution in [3.05, 3.63) is 22.6 Å². The highest BCUT2D eigenvalue weighted by Gasteiger charge is 2.30. The van der Waals surface area contributed by atoms with Gasteiger partial charge in [-0.05, 0) is 26.2 Å². The topological polar surface area (TPSA) is 48.7 Å². The number of methoxy groups -OCH3 is 2. The van der Waals surface area contributed by atoms with Crippen LogP contribution in [-0.2, 0) is 22.3 Å². The molecular weight excluding hydrogens is 220 g/mol. The van der Waals surface area contributed by atoms with Gasteiger partial charge in [-0.25, -0.2) is 4.79 Å². The Morgan fingerprint density at radius 3 is 2.65 bits per heavy atom. The number of fused-ring (bicyclic) bond motifs is 1. The summed E-state index contributed by atoms with van der Waals surface area (Å²) in [4.78, 5) is 11.8. The molecule has 0 amide bonds. The van der Waals surface area contributed by atoms with Crippen molar-refractivity contribution in [3.63, 3.8) is 0 Å². The fraction of sp³-hybridized carbons (Fsp3) is 0.615. The van der Waals surface area contributed by atoms with Crippen LogP contribution in [0.1, 0.15) is 53.3 Å². The van der Waals surface area contributed by atoms with Crippen molar-refractivity contribution in [2.24, 2.45) is 0 Å². The van der Waals surface area contributed by atoms with E-state index in [1.807, 2.05) is 6.92 Å². The molecule has 0 saturated carbocycles. The van der Waals surface area contributed by atoms with E-state index in [0.717, 1.165) is 37.0 Å². The lowest BCUT2D eigenvalue weighted by Crippen LogP contribution is -2.10. The third-order valence-electron chi connectivity index (χ3n) is 3.31. The lowest BCUT2D eigenvalue weighted by molar-refractivity contribution is 0.0576. The molecule has 0 saturated heterocycles. The molecule has 0 fully saturated rings. The normalized spacial score (nSPS) is 16.4. The summed E-state index contributed by atoms with van der Waals surface area (Å²) in [6.45, 7) is 1.87. The Bertz CT molecular complexity index is 419. The second-order valence-electron chi connectivity index (χ2n) is 4.32. The van der Waals surface area contributed by atoms with Crippen LogP contribution in [0, 0.1) is 0 Å². The van der Waals surface area contributed by atoms with Crippen LogP contribution < -0.4 is 0 Å². The number of rotatable bonds is 3. The van der Waals surface area contributed by atoms with Crippen molar-refractivity contribution in [2.75, 3.05) is 14.2 Å². The molecule has 1 aromatic heterocycles. The van der Waals surface area contributed by atoms with Crippen LogP contribution in [-0.4, -0.2) is 20.2 Å². The van der Waals surface area contributed by atoms with Gasteiger partial charge in [-0.15, -0.1) is 0 Å². The highest BCUT2D eigenvalue weighted by atomic mass is 16.5. The largest absolute Gasteiger partial charge is 0.465 e. The Kier molecular flexibility index (Phi) is 3.52. The van der Waals surface area contributed by atoms with Crippen molar-refractivity contribution >= 4 is 5.97 Å². The highest BCUT2D eigenvalue weighted by molar-refractivity contribution is 5.92. The van der Waals surface area contributed by atoms with Crippen LogP contribution in [0.25, 0.3) is 0 Å². The molecule has 1 aliphatic rings. The first-order chi connectivity index (χ1) is 8.19. The predicted octanol–water partition coefficient (Wildman–Crippen LogP) is 2.65. The lowest BCUT2D eigenvalue weighted by atomic mass is 9.94. The highest BCUT2D eigenvalue weighted by Crippen LogP contribution is 2.34. The Morgan fingerprint density at radius 2 is 2.00 bits per heavy atom. The minimum atomic E-state index is -0.323. The van der Waals surface area contributed by atoms with Crippen LogP contribution in [0.3, 0.4) is 0 Å². The Balaban J connectivity index is 2.50. The van der Waals surface area contributed by atoms with Gasteiger partial charge in [-0.3, -0.25) is 0 Å². The number of aryl methyl sites for hydroxylation is 1. The predicted molar refractivity (Wildman–Crippen MR) is 62.1 cm³/mol. The molecule has 1 atom stereocenters. The molecular formula is C13H18O4. The second kappa shape index (κ2) is 4.92. The number of esters is 1. The van der Waals surface area contributed by atoms with Gasteiger partial charge in [0.15, 0.2) is 0 Å². The fourth-order valence-electron chi connectivity index (χ4n) is 2.31. The quantitative estimate of drug-likeness (QED) is 0.759. The molecule has 94 valence electrons. The number of carbonyl (C=O) groups excluding carboxylic acids is 1. The average Bonchev–Trinajstić information content (AvgIpc) is 2.76. The minimum absolute atomic E-state index is 0.227. The van der Waals surface area contributed by atoms with Crippen LogP contribution in [0.5, 0.6) is 0 Å². The van der Waals surface area contributed by atoms with Gasteiger partial charge < -0.3 is 13.9 Å². The summed E-state index contributed by atoms with van der Waals surface area (Å²) in [7, 11) is 3.00. The van der Waals surface area contributed by atoms with Gasteiger partial charge >= 0.3 is 5.97 Å². The summed E-state index contributed by atoms with van der Waals surface area (Å²) in [6, 6.07) is 0. The van der Waals surface area contributed by atoms with E-state index in [9.17, 15) is 4.79 Å². The van der Waals surface area contributed by atoms with E-state index in [1.165, 1.54) is 7.11 Å². The van der Waals surface area contributed by atoms with Crippen LogP contribution in [0.2, 0.25) is 0 Å². The third kappa shape index (κ3) is 2.09. The molecule has 2 rings (SSSR count). The van der Waals surface area contributed by atoms with E-state index in [1.54, 1.807) is 7.11 Å².